The lowest BCUT2D eigenvalue weighted by Gasteiger charge is -2.25. The molecule has 102 valence electrons. The second-order valence-corrected chi connectivity index (χ2v) is 5.63. The number of fused-ring (bicyclic) bond motifs is 1. The van der Waals surface area contributed by atoms with Gasteiger partial charge in [-0.15, -0.1) is 0 Å². The summed E-state index contributed by atoms with van der Waals surface area (Å²) in [5.41, 5.74) is 8.99. The van der Waals surface area contributed by atoms with Gasteiger partial charge in [-0.3, -0.25) is 9.47 Å². The fourth-order valence-electron chi connectivity index (χ4n) is 2.57. The van der Waals surface area contributed by atoms with E-state index in [4.69, 9.17) is 5.73 Å². The van der Waals surface area contributed by atoms with Crippen LogP contribution in [-0.4, -0.2) is 38.6 Å². The third kappa shape index (κ3) is 2.18. The van der Waals surface area contributed by atoms with Gasteiger partial charge in [0.25, 0.3) is 0 Å². The van der Waals surface area contributed by atoms with Crippen molar-refractivity contribution >= 4 is 17.1 Å². The summed E-state index contributed by atoms with van der Waals surface area (Å²) >= 11 is 0. The molecule has 0 amide bonds. The third-order valence-corrected chi connectivity index (χ3v) is 4.13. The highest BCUT2D eigenvalue weighted by Gasteiger charge is 2.29. The Morgan fingerprint density at radius 3 is 2.95 bits per heavy atom. The molecule has 5 nitrogen and oxygen atoms in total. The Morgan fingerprint density at radius 2 is 2.26 bits per heavy atom. The molecule has 0 spiro atoms. The molecule has 2 aromatic heterocycles. The predicted octanol–water partition coefficient (Wildman–Crippen LogP) is 1.80. The van der Waals surface area contributed by atoms with E-state index >= 15 is 0 Å². The molecule has 1 aliphatic rings. The van der Waals surface area contributed by atoms with Gasteiger partial charge in [-0.05, 0) is 45.4 Å². The number of anilines is 1. The van der Waals surface area contributed by atoms with Crippen LogP contribution in [0.25, 0.3) is 11.2 Å². The molecule has 5 heteroatoms. The number of nitrogens with two attached hydrogens (primary N) is 1. The van der Waals surface area contributed by atoms with Crippen LogP contribution in [0.2, 0.25) is 0 Å². The van der Waals surface area contributed by atoms with Crippen LogP contribution in [0.4, 0.5) is 5.95 Å². The van der Waals surface area contributed by atoms with Gasteiger partial charge in [-0.25, -0.2) is 9.97 Å². The number of aryl methyl sites for hydroxylation is 1. The molecule has 2 N–H and O–H groups in total. The Labute approximate surface area is 113 Å². The summed E-state index contributed by atoms with van der Waals surface area (Å²) in [4.78, 5) is 11.3. The van der Waals surface area contributed by atoms with Crippen molar-refractivity contribution in [1.29, 1.82) is 0 Å². The van der Waals surface area contributed by atoms with E-state index in [0.29, 0.717) is 12.0 Å². The predicted molar refractivity (Wildman–Crippen MR) is 76.9 cm³/mol. The van der Waals surface area contributed by atoms with Gasteiger partial charge in [0.1, 0.15) is 5.52 Å². The van der Waals surface area contributed by atoms with E-state index in [0.717, 1.165) is 29.3 Å². The highest BCUT2D eigenvalue weighted by atomic mass is 15.2. The summed E-state index contributed by atoms with van der Waals surface area (Å²) < 4.78 is 2.03. The zero-order chi connectivity index (χ0) is 13.6. The summed E-state index contributed by atoms with van der Waals surface area (Å²) in [7, 11) is 2.19. The standard InChI is InChI=1S/C14H21N5/c1-9-6-7-16-13-12(9)17-14(15)19(13)8-10(2)18(3)11-4-5-11/h6-7,10-11H,4-5,8H2,1-3H3,(H2,15,17). The molecule has 0 bridgehead atoms. The molecule has 0 aromatic carbocycles. The van der Waals surface area contributed by atoms with Crippen molar-refractivity contribution in [3.8, 4) is 0 Å². The number of hydrogen-bond donors (Lipinski definition) is 1. The van der Waals surface area contributed by atoms with Gasteiger partial charge >= 0.3 is 0 Å². The van der Waals surface area contributed by atoms with E-state index in [2.05, 4.69) is 28.8 Å². The largest absolute Gasteiger partial charge is 0.369 e. The molecule has 2 aromatic rings. The first kappa shape index (κ1) is 12.4. The van der Waals surface area contributed by atoms with E-state index in [1.165, 1.54) is 12.8 Å². The van der Waals surface area contributed by atoms with Crippen LogP contribution in [0.1, 0.15) is 25.3 Å². The molecular formula is C14H21N5. The molecule has 0 saturated heterocycles. The van der Waals surface area contributed by atoms with Gasteiger partial charge in [0.05, 0.1) is 0 Å². The van der Waals surface area contributed by atoms with Gasteiger partial charge in [-0.2, -0.15) is 0 Å². The third-order valence-electron chi connectivity index (χ3n) is 4.13. The first-order valence-corrected chi connectivity index (χ1v) is 6.87. The van der Waals surface area contributed by atoms with Crippen LogP contribution in [0.5, 0.6) is 0 Å². The van der Waals surface area contributed by atoms with Crippen molar-refractivity contribution in [1.82, 2.24) is 19.4 Å². The van der Waals surface area contributed by atoms with E-state index in [9.17, 15) is 0 Å². The smallest absolute Gasteiger partial charge is 0.202 e. The van der Waals surface area contributed by atoms with Gasteiger partial charge in [0, 0.05) is 24.8 Å². The zero-order valence-corrected chi connectivity index (χ0v) is 11.8. The minimum atomic E-state index is 0.439. The molecule has 2 heterocycles. The van der Waals surface area contributed by atoms with Crippen LogP contribution in [0.3, 0.4) is 0 Å². The van der Waals surface area contributed by atoms with Gasteiger partial charge in [0.2, 0.25) is 5.95 Å². The Kier molecular flexibility index (Phi) is 2.93. The highest BCUT2D eigenvalue weighted by Crippen LogP contribution is 2.28. The van der Waals surface area contributed by atoms with E-state index in [-0.39, 0.29) is 0 Å². The number of imidazole rings is 1. The topological polar surface area (TPSA) is 60.0 Å². The maximum Gasteiger partial charge on any atom is 0.202 e. The fourth-order valence-corrected chi connectivity index (χ4v) is 2.57. The lowest BCUT2D eigenvalue weighted by molar-refractivity contribution is 0.227. The van der Waals surface area contributed by atoms with E-state index in [1.54, 1.807) is 0 Å². The number of nitrogens with zero attached hydrogens (tertiary/aromatic N) is 4. The lowest BCUT2D eigenvalue weighted by atomic mass is 10.2. The Hall–Kier alpha value is -1.62. The Morgan fingerprint density at radius 1 is 1.53 bits per heavy atom. The van der Waals surface area contributed by atoms with Crippen LogP contribution in [-0.2, 0) is 6.54 Å². The first-order valence-electron chi connectivity index (χ1n) is 6.87. The number of nitrogen functional groups attached to an aromatic ring is 1. The molecule has 0 radical (unpaired) electrons. The van der Waals surface area contributed by atoms with Crippen LogP contribution in [0, 0.1) is 6.92 Å². The van der Waals surface area contributed by atoms with Crippen molar-refractivity contribution in [3.63, 3.8) is 0 Å². The average Bonchev–Trinajstić information content (AvgIpc) is 3.17. The molecule has 19 heavy (non-hydrogen) atoms. The normalized spacial score (nSPS) is 17.3. The number of pyridine rings is 1. The number of aromatic nitrogens is 3. The lowest BCUT2D eigenvalue weighted by Crippen LogP contribution is -2.34. The quantitative estimate of drug-likeness (QED) is 0.909. The molecular weight excluding hydrogens is 238 g/mol. The summed E-state index contributed by atoms with van der Waals surface area (Å²) in [5, 5.41) is 0. The van der Waals surface area contributed by atoms with Gasteiger partial charge in [0.15, 0.2) is 5.65 Å². The van der Waals surface area contributed by atoms with Crippen molar-refractivity contribution in [2.45, 2.75) is 45.3 Å². The minimum Gasteiger partial charge on any atom is -0.369 e. The molecule has 0 aliphatic heterocycles. The van der Waals surface area contributed by atoms with Crippen molar-refractivity contribution in [2.75, 3.05) is 12.8 Å². The average molecular weight is 259 g/mol. The second kappa shape index (κ2) is 4.49. The molecule has 1 aliphatic carbocycles. The monoisotopic (exact) mass is 259 g/mol. The summed E-state index contributed by atoms with van der Waals surface area (Å²) in [6, 6.07) is 3.16. The number of likely N-dealkylation sites (N-methyl/N-ethyl adjacent to an activating group) is 1. The van der Waals surface area contributed by atoms with Crippen LogP contribution >= 0.6 is 0 Å². The van der Waals surface area contributed by atoms with Crippen LogP contribution < -0.4 is 5.73 Å². The summed E-state index contributed by atoms with van der Waals surface area (Å²) in [6.07, 6.45) is 4.46. The van der Waals surface area contributed by atoms with Crippen LogP contribution in [0.15, 0.2) is 12.3 Å². The molecule has 1 atom stereocenters. The number of hydrogen-bond acceptors (Lipinski definition) is 4. The first-order chi connectivity index (χ1) is 9.08. The van der Waals surface area contributed by atoms with Crippen molar-refractivity contribution < 1.29 is 0 Å². The second-order valence-electron chi connectivity index (χ2n) is 5.63. The maximum absolute atomic E-state index is 6.06. The minimum absolute atomic E-state index is 0.439. The fraction of sp³-hybridized carbons (Fsp3) is 0.571. The van der Waals surface area contributed by atoms with Gasteiger partial charge in [-0.1, -0.05) is 0 Å². The molecule has 1 unspecified atom stereocenters. The van der Waals surface area contributed by atoms with E-state index in [1.807, 2.05) is 23.8 Å². The van der Waals surface area contributed by atoms with Crippen molar-refractivity contribution in [2.24, 2.45) is 0 Å². The molecule has 3 rings (SSSR count). The van der Waals surface area contributed by atoms with Gasteiger partial charge < -0.3 is 5.73 Å². The summed E-state index contributed by atoms with van der Waals surface area (Å²) in [5.74, 6) is 0.563. The maximum atomic E-state index is 6.06. The zero-order valence-electron chi connectivity index (χ0n) is 11.8. The molecule has 1 saturated carbocycles. The Balaban J connectivity index is 1.91. The summed E-state index contributed by atoms with van der Waals surface area (Å²) in [6.45, 7) is 5.12. The molecule has 1 fully saturated rings. The highest BCUT2D eigenvalue weighted by molar-refractivity contribution is 5.77. The van der Waals surface area contributed by atoms with Crippen molar-refractivity contribution in [3.05, 3.63) is 17.8 Å². The van der Waals surface area contributed by atoms with E-state index < -0.39 is 0 Å². The Bertz CT molecular complexity index is 599. The SMILES string of the molecule is Cc1ccnc2c1nc(N)n2CC(C)N(C)C1CC1. The number of rotatable bonds is 4.